The number of methoxy groups -OCH3 is 1. The number of hydrogen-bond acceptors (Lipinski definition) is 3. The van der Waals surface area contributed by atoms with E-state index in [0.29, 0.717) is 5.92 Å². The van der Waals surface area contributed by atoms with Crippen LogP contribution in [0, 0.1) is 0 Å². The van der Waals surface area contributed by atoms with Gasteiger partial charge < -0.3 is 14.4 Å². The van der Waals surface area contributed by atoms with Crippen molar-refractivity contribution in [2.75, 3.05) is 7.11 Å². The summed E-state index contributed by atoms with van der Waals surface area (Å²) in [5.74, 6) is 0.283. The van der Waals surface area contributed by atoms with E-state index in [1.165, 1.54) is 17.8 Å². The SMILES string of the molecule is CC[C@H]1Cc2cc(OC)c(C3CC3)cc2-c2cc(=O)c(C(=O)O)cn21. The first-order valence-electron chi connectivity index (χ1n) is 8.74. The third-order valence-corrected chi connectivity index (χ3v) is 5.38. The molecule has 2 heterocycles. The molecular formula is C20H21NO4. The highest BCUT2D eigenvalue weighted by Crippen LogP contribution is 2.48. The van der Waals surface area contributed by atoms with Crippen molar-refractivity contribution < 1.29 is 14.6 Å². The van der Waals surface area contributed by atoms with Crippen LogP contribution in [-0.2, 0) is 6.42 Å². The van der Waals surface area contributed by atoms with Crippen molar-refractivity contribution in [3.05, 3.63) is 51.3 Å². The van der Waals surface area contributed by atoms with Gasteiger partial charge in [-0.1, -0.05) is 6.92 Å². The maximum atomic E-state index is 12.3. The quantitative estimate of drug-likeness (QED) is 0.924. The highest BCUT2D eigenvalue weighted by Gasteiger charge is 2.31. The summed E-state index contributed by atoms with van der Waals surface area (Å²) < 4.78 is 7.57. The minimum absolute atomic E-state index is 0.137. The monoisotopic (exact) mass is 339 g/mol. The lowest BCUT2D eigenvalue weighted by Gasteiger charge is -2.31. The number of fused-ring (bicyclic) bond motifs is 3. The van der Waals surface area contributed by atoms with E-state index < -0.39 is 11.4 Å². The lowest BCUT2D eigenvalue weighted by atomic mass is 9.88. The maximum absolute atomic E-state index is 12.3. The molecule has 25 heavy (non-hydrogen) atoms. The normalized spacial score (nSPS) is 18.4. The van der Waals surface area contributed by atoms with Gasteiger partial charge in [0.2, 0.25) is 0 Å². The fraction of sp³-hybridized carbons (Fsp3) is 0.400. The summed E-state index contributed by atoms with van der Waals surface area (Å²) in [4.78, 5) is 23.6. The second kappa shape index (κ2) is 5.76. The van der Waals surface area contributed by atoms with Gasteiger partial charge in [-0.2, -0.15) is 0 Å². The molecule has 1 N–H and O–H groups in total. The van der Waals surface area contributed by atoms with Crippen LogP contribution >= 0.6 is 0 Å². The lowest BCUT2D eigenvalue weighted by molar-refractivity contribution is 0.0694. The Labute approximate surface area is 145 Å². The van der Waals surface area contributed by atoms with Crippen LogP contribution in [0.3, 0.4) is 0 Å². The maximum Gasteiger partial charge on any atom is 0.341 e. The third-order valence-electron chi connectivity index (χ3n) is 5.38. The second-order valence-electron chi connectivity index (χ2n) is 6.94. The lowest BCUT2D eigenvalue weighted by Crippen LogP contribution is -2.25. The summed E-state index contributed by atoms with van der Waals surface area (Å²) in [5, 5.41) is 9.29. The number of aromatic carboxylic acids is 1. The van der Waals surface area contributed by atoms with E-state index in [1.54, 1.807) is 7.11 Å². The van der Waals surface area contributed by atoms with Crippen LogP contribution in [0.4, 0.5) is 0 Å². The number of ether oxygens (including phenoxy) is 1. The minimum Gasteiger partial charge on any atom is -0.496 e. The molecule has 1 aliphatic heterocycles. The predicted molar refractivity (Wildman–Crippen MR) is 94.7 cm³/mol. The van der Waals surface area contributed by atoms with Crippen molar-refractivity contribution in [2.45, 2.75) is 44.6 Å². The molecule has 5 nitrogen and oxygen atoms in total. The van der Waals surface area contributed by atoms with Crippen molar-refractivity contribution in [1.82, 2.24) is 4.57 Å². The smallest absolute Gasteiger partial charge is 0.341 e. The van der Waals surface area contributed by atoms with E-state index in [-0.39, 0.29) is 11.6 Å². The standard InChI is InChI=1S/C20H21NO4/c1-3-13-6-12-7-19(25-2)15(11-4-5-11)8-14(12)17-9-18(22)16(20(23)24)10-21(13)17/h7-11,13H,3-6H2,1-2H3,(H,23,24)/t13-/m0/s1. The fourth-order valence-electron chi connectivity index (χ4n) is 3.86. The minimum atomic E-state index is -1.17. The summed E-state index contributed by atoms with van der Waals surface area (Å²) in [5.41, 5.74) is 3.59. The molecule has 1 saturated carbocycles. The molecule has 1 aromatic heterocycles. The highest BCUT2D eigenvalue weighted by molar-refractivity contribution is 5.87. The molecule has 0 radical (unpaired) electrons. The number of hydrogen-bond donors (Lipinski definition) is 1. The first-order chi connectivity index (χ1) is 12.0. The van der Waals surface area contributed by atoms with Crippen molar-refractivity contribution in [3.63, 3.8) is 0 Å². The number of aromatic nitrogens is 1. The van der Waals surface area contributed by atoms with Gasteiger partial charge in [-0.25, -0.2) is 4.79 Å². The first-order valence-corrected chi connectivity index (χ1v) is 8.74. The molecule has 0 spiro atoms. The van der Waals surface area contributed by atoms with Crippen molar-refractivity contribution in [1.29, 1.82) is 0 Å². The van der Waals surface area contributed by atoms with Gasteiger partial charge in [0.25, 0.3) is 0 Å². The molecule has 0 amide bonds. The molecule has 0 saturated heterocycles. The Kier molecular flexibility index (Phi) is 3.67. The van der Waals surface area contributed by atoms with E-state index in [0.717, 1.165) is 48.3 Å². The Hall–Kier alpha value is -2.56. The topological polar surface area (TPSA) is 68.5 Å². The average molecular weight is 339 g/mol. The van der Waals surface area contributed by atoms with E-state index >= 15 is 0 Å². The molecule has 4 rings (SSSR count). The van der Waals surface area contributed by atoms with Crippen molar-refractivity contribution >= 4 is 5.97 Å². The van der Waals surface area contributed by atoms with E-state index in [4.69, 9.17) is 4.74 Å². The number of pyridine rings is 1. The van der Waals surface area contributed by atoms with Gasteiger partial charge >= 0.3 is 5.97 Å². The van der Waals surface area contributed by atoms with Crippen LogP contribution in [0.15, 0.2) is 29.2 Å². The molecule has 1 aliphatic carbocycles. The average Bonchev–Trinajstić information content (AvgIpc) is 3.44. The van der Waals surface area contributed by atoms with Gasteiger partial charge in [-0.05, 0) is 54.9 Å². The van der Waals surface area contributed by atoms with Gasteiger partial charge in [0, 0.05) is 23.9 Å². The number of rotatable bonds is 4. The zero-order chi connectivity index (χ0) is 17.7. The van der Waals surface area contributed by atoms with E-state index in [1.807, 2.05) is 4.57 Å². The Bertz CT molecular complexity index is 924. The summed E-state index contributed by atoms with van der Waals surface area (Å²) in [6.45, 7) is 2.08. The van der Waals surface area contributed by atoms with Crippen LogP contribution in [0.2, 0.25) is 0 Å². The summed E-state index contributed by atoms with van der Waals surface area (Å²) >= 11 is 0. The van der Waals surface area contributed by atoms with Crippen LogP contribution in [0.1, 0.15) is 59.6 Å². The molecule has 1 aromatic carbocycles. The number of nitrogens with zero attached hydrogens (tertiary/aromatic N) is 1. The molecule has 1 fully saturated rings. The Balaban J connectivity index is 1.96. The van der Waals surface area contributed by atoms with Crippen LogP contribution in [-0.4, -0.2) is 22.8 Å². The molecule has 0 bridgehead atoms. The molecular weight excluding hydrogens is 318 g/mol. The molecule has 5 heteroatoms. The van der Waals surface area contributed by atoms with Gasteiger partial charge in [0.05, 0.1) is 12.8 Å². The summed E-state index contributed by atoms with van der Waals surface area (Å²) in [7, 11) is 1.70. The Morgan fingerprint density at radius 1 is 1.32 bits per heavy atom. The fourth-order valence-corrected chi connectivity index (χ4v) is 3.86. The largest absolute Gasteiger partial charge is 0.496 e. The van der Waals surface area contributed by atoms with Gasteiger partial charge in [-0.15, -0.1) is 0 Å². The van der Waals surface area contributed by atoms with Gasteiger partial charge in [0.1, 0.15) is 11.3 Å². The number of carbonyl (C=O) groups is 1. The van der Waals surface area contributed by atoms with Crippen LogP contribution < -0.4 is 10.2 Å². The zero-order valence-electron chi connectivity index (χ0n) is 14.4. The van der Waals surface area contributed by atoms with Crippen LogP contribution in [0.25, 0.3) is 11.3 Å². The number of carboxylic acids is 1. The summed E-state index contributed by atoms with van der Waals surface area (Å²) in [6, 6.07) is 5.86. The predicted octanol–water partition coefficient (Wildman–Crippen LogP) is 3.61. The van der Waals surface area contributed by atoms with Gasteiger partial charge in [-0.3, -0.25) is 4.79 Å². The Morgan fingerprint density at radius 2 is 2.08 bits per heavy atom. The zero-order valence-corrected chi connectivity index (χ0v) is 14.4. The Morgan fingerprint density at radius 3 is 2.68 bits per heavy atom. The third kappa shape index (κ3) is 2.54. The van der Waals surface area contributed by atoms with Gasteiger partial charge in [0.15, 0.2) is 5.43 Å². The summed E-state index contributed by atoms with van der Waals surface area (Å²) in [6.07, 6.45) is 5.51. The van der Waals surface area contributed by atoms with Crippen molar-refractivity contribution in [2.24, 2.45) is 0 Å². The number of carboxylic acid groups (broad SMARTS) is 1. The van der Waals surface area contributed by atoms with Crippen molar-refractivity contribution in [3.8, 4) is 17.0 Å². The second-order valence-corrected chi connectivity index (χ2v) is 6.94. The highest BCUT2D eigenvalue weighted by atomic mass is 16.5. The van der Waals surface area contributed by atoms with Crippen LogP contribution in [0.5, 0.6) is 5.75 Å². The molecule has 130 valence electrons. The molecule has 1 atom stereocenters. The number of benzene rings is 1. The molecule has 0 unspecified atom stereocenters. The van der Waals surface area contributed by atoms with E-state index in [2.05, 4.69) is 19.1 Å². The first kappa shape index (κ1) is 15.9. The molecule has 2 aromatic rings. The van der Waals surface area contributed by atoms with E-state index in [9.17, 15) is 14.7 Å². The molecule has 2 aliphatic rings.